The van der Waals surface area contributed by atoms with Gasteiger partial charge in [-0.25, -0.2) is 4.98 Å². The first-order valence-corrected chi connectivity index (χ1v) is 6.06. The Labute approximate surface area is 110 Å². The van der Waals surface area contributed by atoms with Crippen LogP contribution in [0.4, 0.5) is 5.82 Å². The van der Waals surface area contributed by atoms with Crippen molar-refractivity contribution in [3.8, 4) is 0 Å². The molecule has 0 aliphatic carbocycles. The summed E-state index contributed by atoms with van der Waals surface area (Å²) in [7, 11) is 1.94. The van der Waals surface area contributed by atoms with Crippen LogP contribution in [0.25, 0.3) is 0 Å². The minimum atomic E-state index is 0.378. The molecule has 90 valence electrons. The van der Waals surface area contributed by atoms with Gasteiger partial charge in [0.25, 0.3) is 0 Å². The van der Waals surface area contributed by atoms with Crippen molar-refractivity contribution in [1.82, 2.24) is 4.98 Å². The van der Waals surface area contributed by atoms with Gasteiger partial charge in [0.2, 0.25) is 0 Å². The minimum Gasteiger partial charge on any atom is -0.467 e. The highest BCUT2D eigenvalue weighted by Gasteiger charge is 2.08. The monoisotopic (exact) mass is 270 g/mol. The molecule has 2 aromatic heterocycles. The lowest BCUT2D eigenvalue weighted by Gasteiger charge is -2.17. The predicted molar refractivity (Wildman–Crippen MR) is 69.6 cm³/mol. The fourth-order valence-corrected chi connectivity index (χ4v) is 1.96. The van der Waals surface area contributed by atoms with E-state index in [1.165, 1.54) is 0 Å². The van der Waals surface area contributed by atoms with Crippen molar-refractivity contribution in [2.75, 3.05) is 11.9 Å². The molecule has 0 aliphatic rings. The van der Waals surface area contributed by atoms with Gasteiger partial charge in [-0.15, -0.1) is 11.6 Å². The van der Waals surface area contributed by atoms with Crippen LogP contribution in [0, 0.1) is 0 Å². The molecular weight excluding hydrogens is 259 g/mol. The van der Waals surface area contributed by atoms with Crippen molar-refractivity contribution < 1.29 is 4.42 Å². The largest absolute Gasteiger partial charge is 0.467 e. The average molecular weight is 271 g/mol. The first-order valence-electron chi connectivity index (χ1n) is 5.14. The number of aromatic nitrogens is 1. The molecule has 2 rings (SSSR count). The molecule has 17 heavy (non-hydrogen) atoms. The molecule has 0 unspecified atom stereocenters. The lowest BCUT2D eigenvalue weighted by molar-refractivity contribution is 0.507. The number of anilines is 1. The third-order valence-electron chi connectivity index (χ3n) is 2.43. The van der Waals surface area contributed by atoms with E-state index in [4.69, 9.17) is 27.6 Å². The maximum Gasteiger partial charge on any atom is 0.129 e. The normalized spacial score (nSPS) is 10.5. The molecule has 0 atom stereocenters. The molecule has 0 saturated heterocycles. The fraction of sp³-hybridized carbons (Fsp3) is 0.250. The standard InChI is InChI=1S/C12H12Cl2N2O/c1-16(8-10-3-2-4-17-10)12-5-9(6-13)11(14)7-15-12/h2-5,7H,6,8H2,1H3. The molecule has 0 radical (unpaired) electrons. The first-order chi connectivity index (χ1) is 8.20. The van der Waals surface area contributed by atoms with Gasteiger partial charge in [0.1, 0.15) is 11.6 Å². The molecule has 0 saturated carbocycles. The summed E-state index contributed by atoms with van der Waals surface area (Å²) in [4.78, 5) is 6.24. The zero-order valence-electron chi connectivity index (χ0n) is 9.36. The Hall–Kier alpha value is -1.19. The second kappa shape index (κ2) is 5.43. The molecular formula is C12H12Cl2N2O. The van der Waals surface area contributed by atoms with Crippen molar-refractivity contribution in [2.45, 2.75) is 12.4 Å². The van der Waals surface area contributed by atoms with Crippen molar-refractivity contribution in [2.24, 2.45) is 0 Å². The van der Waals surface area contributed by atoms with E-state index in [2.05, 4.69) is 4.98 Å². The highest BCUT2D eigenvalue weighted by Crippen LogP contribution is 2.22. The van der Waals surface area contributed by atoms with Crippen molar-refractivity contribution in [1.29, 1.82) is 0 Å². The van der Waals surface area contributed by atoms with Crippen LogP contribution in [0.5, 0.6) is 0 Å². The van der Waals surface area contributed by atoms with Crippen LogP contribution in [0.15, 0.2) is 35.1 Å². The average Bonchev–Trinajstić information content (AvgIpc) is 2.82. The van der Waals surface area contributed by atoms with Crippen molar-refractivity contribution in [3.05, 3.63) is 47.0 Å². The summed E-state index contributed by atoms with van der Waals surface area (Å²) in [5.74, 6) is 2.08. The number of rotatable bonds is 4. The fourth-order valence-electron chi connectivity index (χ4n) is 1.50. The maximum absolute atomic E-state index is 5.96. The Morgan fingerprint density at radius 1 is 1.47 bits per heavy atom. The second-order valence-electron chi connectivity index (χ2n) is 3.70. The van der Waals surface area contributed by atoms with Crippen LogP contribution in [0.3, 0.4) is 0 Å². The number of nitrogens with zero attached hydrogens (tertiary/aromatic N) is 2. The third kappa shape index (κ3) is 2.93. The van der Waals surface area contributed by atoms with E-state index < -0.39 is 0 Å². The summed E-state index contributed by atoms with van der Waals surface area (Å²) in [5, 5.41) is 0.593. The van der Waals surface area contributed by atoms with E-state index in [9.17, 15) is 0 Å². The highest BCUT2D eigenvalue weighted by molar-refractivity contribution is 6.32. The van der Waals surface area contributed by atoms with Gasteiger partial charge >= 0.3 is 0 Å². The number of alkyl halides is 1. The van der Waals surface area contributed by atoms with Gasteiger partial charge < -0.3 is 9.32 Å². The quantitative estimate of drug-likeness (QED) is 0.794. The smallest absolute Gasteiger partial charge is 0.129 e. The summed E-state index contributed by atoms with van der Waals surface area (Å²) in [6.07, 6.45) is 3.27. The van der Waals surface area contributed by atoms with Crippen LogP contribution in [-0.2, 0) is 12.4 Å². The molecule has 0 aliphatic heterocycles. The van der Waals surface area contributed by atoms with E-state index in [0.717, 1.165) is 17.1 Å². The zero-order chi connectivity index (χ0) is 12.3. The molecule has 3 nitrogen and oxygen atoms in total. The Morgan fingerprint density at radius 3 is 2.94 bits per heavy atom. The summed E-state index contributed by atoms with van der Waals surface area (Å²) in [6, 6.07) is 5.68. The van der Waals surface area contributed by atoms with E-state index >= 15 is 0 Å². The van der Waals surface area contributed by atoms with E-state index in [1.54, 1.807) is 12.5 Å². The van der Waals surface area contributed by atoms with Crippen LogP contribution >= 0.6 is 23.2 Å². The van der Waals surface area contributed by atoms with E-state index in [-0.39, 0.29) is 0 Å². The molecule has 2 heterocycles. The van der Waals surface area contributed by atoms with Gasteiger partial charge in [0, 0.05) is 19.1 Å². The Morgan fingerprint density at radius 2 is 2.29 bits per heavy atom. The van der Waals surface area contributed by atoms with Crippen molar-refractivity contribution in [3.63, 3.8) is 0 Å². The first kappa shape index (κ1) is 12.3. The van der Waals surface area contributed by atoms with Gasteiger partial charge in [-0.1, -0.05) is 11.6 Å². The summed E-state index contributed by atoms with van der Waals surface area (Å²) < 4.78 is 5.28. The predicted octanol–water partition coefficient (Wildman–Crippen LogP) is 3.70. The summed E-state index contributed by atoms with van der Waals surface area (Å²) in [5.41, 5.74) is 0.879. The van der Waals surface area contributed by atoms with E-state index in [0.29, 0.717) is 17.4 Å². The Bertz CT molecular complexity index is 485. The molecule has 0 spiro atoms. The summed E-state index contributed by atoms with van der Waals surface area (Å²) >= 11 is 11.8. The Kier molecular flexibility index (Phi) is 3.92. The topological polar surface area (TPSA) is 29.3 Å². The molecule has 0 bridgehead atoms. The lowest BCUT2D eigenvalue weighted by atomic mass is 10.3. The molecule has 5 heteroatoms. The van der Waals surface area contributed by atoms with Gasteiger partial charge in [0.05, 0.1) is 17.8 Å². The number of halogens is 2. The molecule has 2 aromatic rings. The number of furan rings is 1. The van der Waals surface area contributed by atoms with Crippen molar-refractivity contribution >= 4 is 29.0 Å². The highest BCUT2D eigenvalue weighted by atomic mass is 35.5. The number of pyridine rings is 1. The second-order valence-corrected chi connectivity index (χ2v) is 4.38. The molecule has 0 N–H and O–H groups in total. The van der Waals surface area contributed by atoms with Gasteiger partial charge in [-0.2, -0.15) is 0 Å². The molecule has 0 fully saturated rings. The Balaban J connectivity index is 2.16. The van der Waals surface area contributed by atoms with Crippen LogP contribution < -0.4 is 4.90 Å². The van der Waals surface area contributed by atoms with E-state index in [1.807, 2.05) is 30.1 Å². The van der Waals surface area contributed by atoms with Crippen LogP contribution in [-0.4, -0.2) is 12.0 Å². The van der Waals surface area contributed by atoms with Gasteiger partial charge in [0.15, 0.2) is 0 Å². The van der Waals surface area contributed by atoms with Crippen LogP contribution in [0.2, 0.25) is 5.02 Å². The maximum atomic E-state index is 5.96. The lowest BCUT2D eigenvalue weighted by Crippen LogP contribution is -2.17. The van der Waals surface area contributed by atoms with Gasteiger partial charge in [-0.05, 0) is 23.8 Å². The number of hydrogen-bond donors (Lipinski definition) is 0. The minimum absolute atomic E-state index is 0.378. The molecule has 0 aromatic carbocycles. The van der Waals surface area contributed by atoms with Gasteiger partial charge in [-0.3, -0.25) is 0 Å². The molecule has 0 amide bonds. The summed E-state index contributed by atoms with van der Waals surface area (Å²) in [6.45, 7) is 0.656. The van der Waals surface area contributed by atoms with Crippen LogP contribution in [0.1, 0.15) is 11.3 Å². The third-order valence-corrected chi connectivity index (χ3v) is 3.06. The SMILES string of the molecule is CN(Cc1ccco1)c1cc(CCl)c(Cl)cn1. The zero-order valence-corrected chi connectivity index (χ0v) is 10.9. The number of hydrogen-bond acceptors (Lipinski definition) is 3.